The van der Waals surface area contributed by atoms with Gasteiger partial charge >= 0.3 is 0 Å². The number of rotatable bonds is 5. The van der Waals surface area contributed by atoms with E-state index in [1.807, 2.05) is 11.7 Å². The number of hydrogen-bond acceptors (Lipinski definition) is 5. The van der Waals surface area contributed by atoms with E-state index in [4.69, 9.17) is 0 Å². The molecule has 0 saturated carbocycles. The summed E-state index contributed by atoms with van der Waals surface area (Å²) in [5.74, 6) is 0.886. The molecule has 0 amide bonds. The SMILES string of the molecule is CNC(C)c1nnnn1C(C)Cc1cccs1. The summed E-state index contributed by atoms with van der Waals surface area (Å²) in [4.78, 5) is 1.36. The first-order valence-electron chi connectivity index (χ1n) is 5.69. The van der Waals surface area contributed by atoms with Gasteiger partial charge in [-0.05, 0) is 42.8 Å². The first-order valence-corrected chi connectivity index (χ1v) is 6.57. The van der Waals surface area contributed by atoms with Gasteiger partial charge in [-0.25, -0.2) is 4.68 Å². The van der Waals surface area contributed by atoms with Crippen molar-refractivity contribution in [3.8, 4) is 0 Å². The third-order valence-corrected chi connectivity index (χ3v) is 3.73. The molecule has 17 heavy (non-hydrogen) atoms. The minimum absolute atomic E-state index is 0.163. The maximum absolute atomic E-state index is 4.09. The van der Waals surface area contributed by atoms with E-state index in [0.717, 1.165) is 12.2 Å². The number of hydrogen-bond donors (Lipinski definition) is 1. The van der Waals surface area contributed by atoms with E-state index < -0.39 is 0 Å². The molecule has 2 unspecified atom stereocenters. The van der Waals surface area contributed by atoms with Crippen molar-refractivity contribution in [2.75, 3.05) is 7.05 Å². The van der Waals surface area contributed by atoms with Gasteiger partial charge in [-0.3, -0.25) is 0 Å². The summed E-state index contributed by atoms with van der Waals surface area (Å²) >= 11 is 1.77. The molecule has 0 aromatic carbocycles. The van der Waals surface area contributed by atoms with Gasteiger partial charge in [0.2, 0.25) is 0 Å². The molecule has 2 rings (SSSR count). The van der Waals surface area contributed by atoms with E-state index in [9.17, 15) is 0 Å². The topological polar surface area (TPSA) is 55.6 Å². The lowest BCUT2D eigenvalue weighted by atomic mass is 10.2. The van der Waals surface area contributed by atoms with Crippen LogP contribution in [0.15, 0.2) is 17.5 Å². The van der Waals surface area contributed by atoms with Crippen molar-refractivity contribution in [1.82, 2.24) is 25.5 Å². The third-order valence-electron chi connectivity index (χ3n) is 2.83. The molecule has 0 bridgehead atoms. The van der Waals surface area contributed by atoms with Crippen LogP contribution in [0.1, 0.15) is 36.6 Å². The van der Waals surface area contributed by atoms with Crippen LogP contribution in [0.5, 0.6) is 0 Å². The zero-order chi connectivity index (χ0) is 12.3. The van der Waals surface area contributed by atoms with E-state index in [2.05, 4.69) is 52.2 Å². The highest BCUT2D eigenvalue weighted by molar-refractivity contribution is 7.09. The second-order valence-electron chi connectivity index (χ2n) is 4.12. The van der Waals surface area contributed by atoms with E-state index in [1.54, 1.807) is 11.3 Å². The van der Waals surface area contributed by atoms with Crippen molar-refractivity contribution in [3.05, 3.63) is 28.2 Å². The van der Waals surface area contributed by atoms with Gasteiger partial charge in [-0.15, -0.1) is 16.4 Å². The third kappa shape index (κ3) is 2.70. The van der Waals surface area contributed by atoms with Gasteiger partial charge in [0.1, 0.15) is 0 Å². The molecular weight excluding hydrogens is 234 g/mol. The van der Waals surface area contributed by atoms with E-state index in [-0.39, 0.29) is 12.1 Å². The highest BCUT2D eigenvalue weighted by Crippen LogP contribution is 2.19. The average Bonchev–Trinajstić information content (AvgIpc) is 2.97. The Hall–Kier alpha value is -1.27. The fourth-order valence-electron chi connectivity index (χ4n) is 1.73. The molecule has 0 aliphatic carbocycles. The fraction of sp³-hybridized carbons (Fsp3) is 0.545. The monoisotopic (exact) mass is 251 g/mol. The maximum atomic E-state index is 4.09. The van der Waals surface area contributed by atoms with Crippen LogP contribution < -0.4 is 5.32 Å². The molecular formula is C11H17N5S. The van der Waals surface area contributed by atoms with Crippen molar-refractivity contribution < 1.29 is 0 Å². The normalized spacial score (nSPS) is 14.8. The Bertz CT molecular complexity index is 450. The zero-order valence-corrected chi connectivity index (χ0v) is 11.1. The molecule has 6 heteroatoms. The molecule has 1 N–H and O–H groups in total. The van der Waals surface area contributed by atoms with Gasteiger partial charge in [0.15, 0.2) is 5.82 Å². The van der Waals surface area contributed by atoms with Crippen LogP contribution in [-0.4, -0.2) is 27.3 Å². The molecule has 0 radical (unpaired) electrons. The second-order valence-corrected chi connectivity index (χ2v) is 5.16. The Morgan fingerprint density at radius 3 is 2.94 bits per heavy atom. The lowest BCUT2D eigenvalue weighted by Crippen LogP contribution is -2.21. The summed E-state index contributed by atoms with van der Waals surface area (Å²) in [6, 6.07) is 4.65. The minimum Gasteiger partial charge on any atom is -0.311 e. The highest BCUT2D eigenvalue weighted by Gasteiger charge is 2.17. The minimum atomic E-state index is 0.163. The zero-order valence-electron chi connectivity index (χ0n) is 10.3. The number of nitrogens with one attached hydrogen (secondary N) is 1. The highest BCUT2D eigenvalue weighted by atomic mass is 32.1. The molecule has 0 fully saturated rings. The van der Waals surface area contributed by atoms with Gasteiger partial charge in [0, 0.05) is 11.3 Å². The summed E-state index contributed by atoms with van der Waals surface area (Å²) in [5, 5.41) is 17.2. The molecule has 2 heterocycles. The molecule has 2 aromatic rings. The van der Waals surface area contributed by atoms with Crippen LogP contribution in [0.2, 0.25) is 0 Å². The van der Waals surface area contributed by atoms with Gasteiger partial charge in [-0.2, -0.15) is 0 Å². The Morgan fingerprint density at radius 1 is 1.47 bits per heavy atom. The van der Waals surface area contributed by atoms with Crippen LogP contribution in [0, 0.1) is 0 Å². The quantitative estimate of drug-likeness (QED) is 0.880. The van der Waals surface area contributed by atoms with Crippen LogP contribution >= 0.6 is 11.3 Å². The van der Waals surface area contributed by atoms with Crippen LogP contribution in [0.3, 0.4) is 0 Å². The Kier molecular flexibility index (Phi) is 3.86. The fourth-order valence-corrected chi connectivity index (χ4v) is 2.56. The molecule has 2 aromatic heterocycles. The molecule has 5 nitrogen and oxygen atoms in total. The van der Waals surface area contributed by atoms with Crippen molar-refractivity contribution in [3.63, 3.8) is 0 Å². The van der Waals surface area contributed by atoms with E-state index in [0.29, 0.717) is 0 Å². The molecule has 0 saturated heterocycles. The van der Waals surface area contributed by atoms with Crippen molar-refractivity contribution in [2.24, 2.45) is 0 Å². The van der Waals surface area contributed by atoms with Gasteiger partial charge in [0.25, 0.3) is 0 Å². The average molecular weight is 251 g/mol. The predicted molar refractivity (Wildman–Crippen MR) is 68.0 cm³/mol. The molecule has 92 valence electrons. The van der Waals surface area contributed by atoms with Gasteiger partial charge < -0.3 is 5.32 Å². The number of nitrogens with zero attached hydrogens (tertiary/aromatic N) is 4. The largest absolute Gasteiger partial charge is 0.311 e. The number of aromatic nitrogens is 4. The summed E-state index contributed by atoms with van der Waals surface area (Å²) in [6.45, 7) is 4.20. The van der Waals surface area contributed by atoms with Crippen molar-refractivity contribution in [2.45, 2.75) is 32.4 Å². The Morgan fingerprint density at radius 2 is 2.29 bits per heavy atom. The number of tetrazole rings is 1. The molecule has 0 spiro atoms. The van der Waals surface area contributed by atoms with Crippen molar-refractivity contribution >= 4 is 11.3 Å². The predicted octanol–water partition coefficient (Wildman–Crippen LogP) is 1.82. The van der Waals surface area contributed by atoms with Gasteiger partial charge in [-0.1, -0.05) is 6.07 Å². The Balaban J connectivity index is 2.14. The maximum Gasteiger partial charge on any atom is 0.168 e. The number of thiophene rings is 1. The molecule has 0 aliphatic rings. The smallest absolute Gasteiger partial charge is 0.168 e. The summed E-state index contributed by atoms with van der Waals surface area (Å²) in [5.41, 5.74) is 0. The second kappa shape index (κ2) is 5.37. The van der Waals surface area contributed by atoms with Gasteiger partial charge in [0.05, 0.1) is 12.1 Å². The lowest BCUT2D eigenvalue weighted by Gasteiger charge is -2.15. The van der Waals surface area contributed by atoms with Crippen molar-refractivity contribution in [1.29, 1.82) is 0 Å². The molecule has 2 atom stereocenters. The summed E-state index contributed by atoms with van der Waals surface area (Å²) in [7, 11) is 1.91. The standard InChI is InChI=1S/C11H17N5S/c1-8(7-10-5-4-6-17-10)16-11(9(2)12-3)13-14-15-16/h4-6,8-9,12H,7H2,1-3H3. The van der Waals surface area contributed by atoms with Crippen LogP contribution in [0.25, 0.3) is 0 Å². The molecule has 0 aliphatic heterocycles. The van der Waals surface area contributed by atoms with E-state index in [1.165, 1.54) is 4.88 Å². The van der Waals surface area contributed by atoms with E-state index >= 15 is 0 Å². The Labute approximate surface area is 105 Å². The first-order chi connectivity index (χ1) is 8.22. The lowest BCUT2D eigenvalue weighted by molar-refractivity contribution is 0.436. The van der Waals surface area contributed by atoms with Crippen LogP contribution in [0.4, 0.5) is 0 Å². The summed E-state index contributed by atoms with van der Waals surface area (Å²) in [6.07, 6.45) is 0.964. The summed E-state index contributed by atoms with van der Waals surface area (Å²) < 4.78 is 1.90. The first kappa shape index (κ1) is 12.2. The van der Waals surface area contributed by atoms with Crippen LogP contribution in [-0.2, 0) is 6.42 Å².